The lowest BCUT2D eigenvalue weighted by Crippen LogP contribution is -2.19. The van der Waals surface area contributed by atoms with Crippen LogP contribution in [0.2, 0.25) is 0 Å². The van der Waals surface area contributed by atoms with Gasteiger partial charge in [0, 0.05) is 28.4 Å². The number of hydrogen-bond donors (Lipinski definition) is 5. The number of phenols is 1. The van der Waals surface area contributed by atoms with Gasteiger partial charge in [-0.15, -0.1) is 11.8 Å². The standard InChI is InChI=1S/C25H20N2O7S/c28-20-10-9-17(14-19(20)25(33)34)27-24(32)23(15-5-2-1-3-6-15)35-18-8-4-7-16(13-18)26-21(29)11-12-22(30)31/h1-14,23,28H,(H,26,29)(H,27,32)(H,30,31)(H,33,34)/b12-11+. The van der Waals surface area contributed by atoms with E-state index in [0.29, 0.717) is 16.1 Å². The summed E-state index contributed by atoms with van der Waals surface area (Å²) in [5.41, 5.74) is 0.961. The molecule has 0 aliphatic rings. The molecule has 0 aliphatic heterocycles. The number of carboxylic acids is 2. The van der Waals surface area contributed by atoms with Gasteiger partial charge in [0.15, 0.2) is 0 Å². The molecule has 0 saturated carbocycles. The van der Waals surface area contributed by atoms with Gasteiger partial charge in [-0.2, -0.15) is 0 Å². The van der Waals surface area contributed by atoms with Crippen LogP contribution >= 0.6 is 11.8 Å². The largest absolute Gasteiger partial charge is 0.507 e. The number of thioether (sulfide) groups is 1. The van der Waals surface area contributed by atoms with E-state index in [9.17, 15) is 29.4 Å². The van der Waals surface area contributed by atoms with Crippen LogP contribution in [0.15, 0.2) is 89.8 Å². The third-order valence-electron chi connectivity index (χ3n) is 4.57. The summed E-state index contributed by atoms with van der Waals surface area (Å²) in [6.07, 6.45) is 1.62. The fourth-order valence-electron chi connectivity index (χ4n) is 3.01. The van der Waals surface area contributed by atoms with Crippen molar-refractivity contribution < 1.29 is 34.5 Å². The maximum absolute atomic E-state index is 13.2. The molecule has 9 nitrogen and oxygen atoms in total. The molecule has 5 N–H and O–H groups in total. The molecule has 3 aromatic rings. The molecule has 0 spiro atoms. The quantitative estimate of drug-likeness (QED) is 0.170. The summed E-state index contributed by atoms with van der Waals surface area (Å²) in [4.78, 5) is 47.6. The van der Waals surface area contributed by atoms with E-state index in [1.54, 1.807) is 48.5 Å². The van der Waals surface area contributed by atoms with Crippen molar-refractivity contribution in [3.8, 4) is 5.75 Å². The van der Waals surface area contributed by atoms with Crippen molar-refractivity contribution in [1.29, 1.82) is 0 Å². The van der Waals surface area contributed by atoms with Crippen LogP contribution < -0.4 is 10.6 Å². The minimum Gasteiger partial charge on any atom is -0.507 e. The zero-order valence-electron chi connectivity index (χ0n) is 18.0. The number of hydrogen-bond acceptors (Lipinski definition) is 6. The number of aromatic carboxylic acids is 1. The Kier molecular flexibility index (Phi) is 8.25. The van der Waals surface area contributed by atoms with Gasteiger partial charge in [-0.3, -0.25) is 9.59 Å². The Morgan fingerprint density at radius 2 is 1.51 bits per heavy atom. The van der Waals surface area contributed by atoms with E-state index in [2.05, 4.69) is 10.6 Å². The second-order valence-electron chi connectivity index (χ2n) is 7.12. The number of aromatic hydroxyl groups is 1. The highest BCUT2D eigenvalue weighted by molar-refractivity contribution is 8.00. The molecule has 10 heteroatoms. The number of rotatable bonds is 9. The van der Waals surface area contributed by atoms with E-state index >= 15 is 0 Å². The number of carboxylic acid groups (broad SMARTS) is 2. The molecule has 0 bridgehead atoms. The monoisotopic (exact) mass is 492 g/mol. The first-order valence-corrected chi connectivity index (χ1v) is 11.0. The Bertz CT molecular complexity index is 1290. The summed E-state index contributed by atoms with van der Waals surface area (Å²) in [5, 5.41) is 32.1. The van der Waals surface area contributed by atoms with Gasteiger partial charge in [0.1, 0.15) is 16.6 Å². The van der Waals surface area contributed by atoms with E-state index in [1.165, 1.54) is 30.0 Å². The smallest absolute Gasteiger partial charge is 0.339 e. The number of carbonyl (C=O) groups is 4. The van der Waals surface area contributed by atoms with Crippen molar-refractivity contribution in [2.24, 2.45) is 0 Å². The predicted molar refractivity (Wildman–Crippen MR) is 131 cm³/mol. The molecular formula is C25H20N2O7S. The molecule has 3 rings (SSSR count). The van der Waals surface area contributed by atoms with Crippen molar-refractivity contribution in [3.05, 3.63) is 96.1 Å². The molecule has 178 valence electrons. The Hall–Kier alpha value is -4.57. The molecule has 0 saturated heterocycles. The summed E-state index contributed by atoms with van der Waals surface area (Å²) >= 11 is 1.20. The average Bonchev–Trinajstić information content (AvgIpc) is 2.83. The lowest BCUT2D eigenvalue weighted by molar-refractivity contribution is -0.131. The van der Waals surface area contributed by atoms with Crippen LogP contribution in [0, 0.1) is 0 Å². The fourth-order valence-corrected chi connectivity index (χ4v) is 4.09. The normalized spacial score (nSPS) is 11.5. The van der Waals surface area contributed by atoms with Gasteiger partial charge >= 0.3 is 11.9 Å². The zero-order chi connectivity index (χ0) is 25.4. The van der Waals surface area contributed by atoms with E-state index in [-0.39, 0.29) is 11.3 Å². The molecule has 3 aromatic carbocycles. The summed E-state index contributed by atoms with van der Waals surface area (Å²) in [6.45, 7) is 0. The molecule has 0 fully saturated rings. The molecule has 0 radical (unpaired) electrons. The average molecular weight is 493 g/mol. The number of anilines is 2. The zero-order valence-corrected chi connectivity index (χ0v) is 18.9. The Labute approximate surface area is 204 Å². The lowest BCUT2D eigenvalue weighted by Gasteiger charge is -2.18. The predicted octanol–water partition coefficient (Wildman–Crippen LogP) is 4.14. The van der Waals surface area contributed by atoms with Gasteiger partial charge in [0.05, 0.1) is 0 Å². The Morgan fingerprint density at radius 1 is 0.800 bits per heavy atom. The van der Waals surface area contributed by atoms with E-state index in [1.807, 2.05) is 6.07 Å². The van der Waals surface area contributed by atoms with Crippen LogP contribution in [0.4, 0.5) is 11.4 Å². The van der Waals surface area contributed by atoms with Gasteiger partial charge in [0.25, 0.3) is 0 Å². The lowest BCUT2D eigenvalue weighted by atomic mass is 10.1. The van der Waals surface area contributed by atoms with Crippen LogP contribution in [0.5, 0.6) is 5.75 Å². The molecule has 35 heavy (non-hydrogen) atoms. The first-order chi connectivity index (χ1) is 16.7. The maximum Gasteiger partial charge on any atom is 0.339 e. The molecule has 0 aliphatic carbocycles. The molecule has 1 atom stereocenters. The summed E-state index contributed by atoms with van der Waals surface area (Å²) in [7, 11) is 0. The second-order valence-corrected chi connectivity index (χ2v) is 8.30. The van der Waals surface area contributed by atoms with Gasteiger partial charge in [-0.25, -0.2) is 9.59 Å². The number of nitrogens with one attached hydrogen (secondary N) is 2. The highest BCUT2D eigenvalue weighted by Crippen LogP contribution is 2.37. The molecule has 2 amide bonds. The summed E-state index contributed by atoms with van der Waals surface area (Å²) in [5.74, 6) is -4.04. The molecule has 1 unspecified atom stereocenters. The molecule has 0 heterocycles. The van der Waals surface area contributed by atoms with E-state index < -0.39 is 34.8 Å². The van der Waals surface area contributed by atoms with Gasteiger partial charge < -0.3 is 26.0 Å². The summed E-state index contributed by atoms with van der Waals surface area (Å²) < 4.78 is 0. The SMILES string of the molecule is O=C(O)/C=C/C(=O)Nc1cccc(SC(C(=O)Nc2ccc(O)c(C(=O)O)c2)c2ccccc2)c1. The van der Waals surface area contributed by atoms with Crippen LogP contribution in [0.1, 0.15) is 21.2 Å². The highest BCUT2D eigenvalue weighted by Gasteiger charge is 2.23. The minimum atomic E-state index is -1.33. The second kappa shape index (κ2) is 11.5. The van der Waals surface area contributed by atoms with Gasteiger partial charge in [0.2, 0.25) is 11.8 Å². The Balaban J connectivity index is 1.83. The highest BCUT2D eigenvalue weighted by atomic mass is 32.2. The molecular weight excluding hydrogens is 472 g/mol. The minimum absolute atomic E-state index is 0.206. The van der Waals surface area contributed by atoms with Crippen molar-refractivity contribution in [2.45, 2.75) is 10.1 Å². The molecule has 0 aromatic heterocycles. The van der Waals surface area contributed by atoms with Crippen LogP contribution in [-0.4, -0.2) is 39.1 Å². The van der Waals surface area contributed by atoms with Gasteiger partial charge in [-0.1, -0.05) is 36.4 Å². The topological polar surface area (TPSA) is 153 Å². The van der Waals surface area contributed by atoms with Crippen molar-refractivity contribution >= 4 is 46.9 Å². The maximum atomic E-state index is 13.2. The number of amides is 2. The van der Waals surface area contributed by atoms with Crippen molar-refractivity contribution in [1.82, 2.24) is 0 Å². The fraction of sp³-hybridized carbons (Fsp3) is 0.0400. The van der Waals surface area contributed by atoms with Crippen LogP contribution in [-0.2, 0) is 14.4 Å². The number of aliphatic carboxylic acids is 1. The van der Waals surface area contributed by atoms with Crippen LogP contribution in [0.25, 0.3) is 0 Å². The summed E-state index contributed by atoms with van der Waals surface area (Å²) in [6, 6.07) is 19.4. The first-order valence-electron chi connectivity index (χ1n) is 10.1. The third-order valence-corrected chi connectivity index (χ3v) is 5.82. The van der Waals surface area contributed by atoms with E-state index in [4.69, 9.17) is 5.11 Å². The Morgan fingerprint density at radius 3 is 2.20 bits per heavy atom. The number of benzene rings is 3. The van der Waals surface area contributed by atoms with Crippen molar-refractivity contribution in [3.63, 3.8) is 0 Å². The first kappa shape index (κ1) is 25.1. The number of carbonyl (C=O) groups excluding carboxylic acids is 2. The van der Waals surface area contributed by atoms with Crippen molar-refractivity contribution in [2.75, 3.05) is 10.6 Å². The van der Waals surface area contributed by atoms with E-state index in [0.717, 1.165) is 12.2 Å². The van der Waals surface area contributed by atoms with Crippen LogP contribution in [0.3, 0.4) is 0 Å². The third kappa shape index (κ3) is 7.21. The van der Waals surface area contributed by atoms with Gasteiger partial charge in [-0.05, 0) is 42.0 Å².